The van der Waals surface area contributed by atoms with Crippen molar-refractivity contribution in [1.82, 2.24) is 0 Å². The summed E-state index contributed by atoms with van der Waals surface area (Å²) in [5.74, 6) is -0.301. The second kappa shape index (κ2) is 6.25. The highest BCUT2D eigenvalue weighted by Gasteiger charge is 2.20. The lowest BCUT2D eigenvalue weighted by molar-refractivity contribution is -0.385. The van der Waals surface area contributed by atoms with Gasteiger partial charge in [-0.1, -0.05) is 35.4 Å². The van der Waals surface area contributed by atoms with Crippen LogP contribution in [-0.4, -0.2) is 13.3 Å². The molecule has 0 saturated heterocycles. The van der Waals surface area contributed by atoms with Crippen LogP contribution in [0.4, 0.5) is 11.4 Å². The summed E-state index contributed by atoms with van der Waals surface area (Å²) in [5, 5.41) is 14.1. The van der Waals surface area contributed by atoms with E-state index >= 15 is 0 Å². The standard InChI is InChI=1S/C13H10N4O4S/c14-16-15-11-6-12(17(18)19)8-13(7-11)22(20,21)9-10-4-2-1-3-5-10/h1-8H,9H2. The van der Waals surface area contributed by atoms with Crippen molar-refractivity contribution >= 4 is 21.2 Å². The van der Waals surface area contributed by atoms with E-state index in [1.165, 1.54) is 0 Å². The average Bonchev–Trinajstić information content (AvgIpc) is 2.48. The topological polar surface area (TPSA) is 126 Å². The number of hydrogen-bond acceptors (Lipinski definition) is 5. The van der Waals surface area contributed by atoms with Gasteiger partial charge < -0.3 is 0 Å². The van der Waals surface area contributed by atoms with Gasteiger partial charge in [-0.15, -0.1) is 0 Å². The Bertz CT molecular complexity index is 839. The predicted molar refractivity (Wildman–Crippen MR) is 79.2 cm³/mol. The van der Waals surface area contributed by atoms with Gasteiger partial charge in [-0.3, -0.25) is 10.1 Å². The molecule has 0 unspecified atom stereocenters. The van der Waals surface area contributed by atoms with Crippen LogP contribution in [0.2, 0.25) is 0 Å². The molecule has 2 aromatic carbocycles. The summed E-state index contributed by atoms with van der Waals surface area (Å²) in [5.41, 5.74) is 8.40. The van der Waals surface area contributed by atoms with Gasteiger partial charge in [0.05, 0.1) is 15.6 Å². The molecule has 0 bridgehead atoms. The average molecular weight is 318 g/mol. The summed E-state index contributed by atoms with van der Waals surface area (Å²) in [6.45, 7) is 0. The summed E-state index contributed by atoms with van der Waals surface area (Å²) in [7, 11) is -3.80. The van der Waals surface area contributed by atoms with Gasteiger partial charge in [-0.05, 0) is 17.2 Å². The first-order chi connectivity index (χ1) is 10.4. The maximum Gasteiger partial charge on any atom is 0.271 e. The van der Waals surface area contributed by atoms with Gasteiger partial charge in [0.15, 0.2) is 9.84 Å². The zero-order valence-corrected chi connectivity index (χ0v) is 12.0. The second-order valence-electron chi connectivity index (χ2n) is 4.38. The minimum absolute atomic E-state index is 0.122. The van der Waals surface area contributed by atoms with Crippen molar-refractivity contribution in [3.63, 3.8) is 0 Å². The molecule has 2 rings (SSSR count). The van der Waals surface area contributed by atoms with Crippen molar-refractivity contribution in [2.75, 3.05) is 0 Å². The van der Waals surface area contributed by atoms with Crippen LogP contribution in [-0.2, 0) is 15.6 Å². The Kier molecular flexibility index (Phi) is 4.40. The highest BCUT2D eigenvalue weighted by molar-refractivity contribution is 7.90. The fraction of sp³-hybridized carbons (Fsp3) is 0.0769. The Labute approximate surface area is 125 Å². The number of non-ortho nitro benzene ring substituents is 1. The zero-order valence-electron chi connectivity index (χ0n) is 11.2. The molecule has 0 aromatic heterocycles. The van der Waals surface area contributed by atoms with Crippen LogP contribution in [0.3, 0.4) is 0 Å². The molecule has 0 aliphatic heterocycles. The smallest absolute Gasteiger partial charge is 0.258 e. The fourth-order valence-electron chi connectivity index (χ4n) is 1.84. The highest BCUT2D eigenvalue weighted by atomic mass is 32.2. The molecule has 112 valence electrons. The van der Waals surface area contributed by atoms with Crippen molar-refractivity contribution < 1.29 is 13.3 Å². The van der Waals surface area contributed by atoms with E-state index in [9.17, 15) is 18.5 Å². The number of sulfone groups is 1. The molecule has 0 saturated carbocycles. The minimum atomic E-state index is -3.80. The molecule has 0 N–H and O–H groups in total. The van der Waals surface area contributed by atoms with E-state index in [1.807, 2.05) is 0 Å². The third-order valence-corrected chi connectivity index (χ3v) is 4.47. The summed E-state index contributed by atoms with van der Waals surface area (Å²) >= 11 is 0. The highest BCUT2D eigenvalue weighted by Crippen LogP contribution is 2.28. The van der Waals surface area contributed by atoms with Crippen LogP contribution in [0.25, 0.3) is 10.4 Å². The molecule has 9 heteroatoms. The molecule has 0 amide bonds. The van der Waals surface area contributed by atoms with Gasteiger partial charge in [0.2, 0.25) is 0 Å². The number of benzene rings is 2. The Morgan fingerprint density at radius 1 is 1.18 bits per heavy atom. The molecule has 0 radical (unpaired) electrons. The van der Waals surface area contributed by atoms with Gasteiger partial charge >= 0.3 is 0 Å². The van der Waals surface area contributed by atoms with Gasteiger partial charge in [-0.2, -0.15) is 0 Å². The van der Waals surface area contributed by atoms with Crippen molar-refractivity contribution in [3.8, 4) is 0 Å². The summed E-state index contributed by atoms with van der Waals surface area (Å²) in [6.07, 6.45) is 0. The lowest BCUT2D eigenvalue weighted by atomic mass is 10.2. The Balaban J connectivity index is 2.50. The van der Waals surface area contributed by atoms with Crippen LogP contribution >= 0.6 is 0 Å². The van der Waals surface area contributed by atoms with E-state index in [2.05, 4.69) is 10.0 Å². The molecule has 0 fully saturated rings. The largest absolute Gasteiger partial charge is 0.271 e. The third-order valence-electron chi connectivity index (χ3n) is 2.81. The Morgan fingerprint density at radius 2 is 1.86 bits per heavy atom. The van der Waals surface area contributed by atoms with Crippen molar-refractivity contribution in [2.45, 2.75) is 10.6 Å². The van der Waals surface area contributed by atoms with Crippen LogP contribution in [0.15, 0.2) is 58.5 Å². The van der Waals surface area contributed by atoms with Crippen molar-refractivity contribution in [2.24, 2.45) is 5.11 Å². The number of nitro groups is 1. The Hall–Kier alpha value is -2.90. The van der Waals surface area contributed by atoms with E-state index in [0.29, 0.717) is 5.56 Å². The second-order valence-corrected chi connectivity index (χ2v) is 6.37. The Morgan fingerprint density at radius 3 is 2.45 bits per heavy atom. The number of nitro benzene ring substituents is 1. The van der Waals surface area contributed by atoms with Crippen molar-refractivity contribution in [3.05, 3.63) is 74.7 Å². The first kappa shape index (κ1) is 15.5. The van der Waals surface area contributed by atoms with Crippen LogP contribution in [0.1, 0.15) is 5.56 Å². The predicted octanol–water partition coefficient (Wildman–Crippen LogP) is 3.51. The van der Waals surface area contributed by atoms with Crippen LogP contribution in [0.5, 0.6) is 0 Å². The van der Waals surface area contributed by atoms with E-state index in [4.69, 9.17) is 5.53 Å². The zero-order chi connectivity index (χ0) is 16.2. The molecular formula is C13H10N4O4S. The van der Waals surface area contributed by atoms with Crippen molar-refractivity contribution in [1.29, 1.82) is 0 Å². The molecule has 0 atom stereocenters. The van der Waals surface area contributed by atoms with E-state index in [-0.39, 0.29) is 16.3 Å². The molecule has 22 heavy (non-hydrogen) atoms. The number of nitrogens with zero attached hydrogens (tertiary/aromatic N) is 4. The normalized spacial score (nSPS) is 10.7. The molecule has 0 spiro atoms. The maximum atomic E-state index is 12.4. The summed E-state index contributed by atoms with van der Waals surface area (Å²) in [6, 6.07) is 11.5. The number of azide groups is 1. The van der Waals surface area contributed by atoms with Gasteiger partial charge in [0, 0.05) is 22.7 Å². The third kappa shape index (κ3) is 3.60. The van der Waals surface area contributed by atoms with Gasteiger partial charge in [-0.25, -0.2) is 8.42 Å². The lowest BCUT2D eigenvalue weighted by Crippen LogP contribution is -2.05. The lowest BCUT2D eigenvalue weighted by Gasteiger charge is -2.06. The minimum Gasteiger partial charge on any atom is -0.258 e. The molecule has 0 aliphatic rings. The molecule has 2 aromatic rings. The van der Waals surface area contributed by atoms with E-state index in [1.54, 1.807) is 30.3 Å². The first-order valence-electron chi connectivity index (χ1n) is 6.03. The van der Waals surface area contributed by atoms with Gasteiger partial charge in [0.25, 0.3) is 5.69 Å². The summed E-state index contributed by atoms with van der Waals surface area (Å²) < 4.78 is 24.8. The molecular weight excluding hydrogens is 308 g/mol. The van der Waals surface area contributed by atoms with Crippen LogP contribution < -0.4 is 0 Å². The van der Waals surface area contributed by atoms with Gasteiger partial charge in [0.1, 0.15) is 0 Å². The van der Waals surface area contributed by atoms with E-state index in [0.717, 1.165) is 18.2 Å². The van der Waals surface area contributed by atoms with E-state index < -0.39 is 20.4 Å². The summed E-state index contributed by atoms with van der Waals surface area (Å²) in [4.78, 5) is 12.4. The molecule has 0 aliphatic carbocycles. The monoisotopic (exact) mass is 318 g/mol. The molecule has 8 nitrogen and oxygen atoms in total. The maximum absolute atomic E-state index is 12.4. The number of rotatable bonds is 5. The first-order valence-corrected chi connectivity index (χ1v) is 7.69. The molecule has 0 heterocycles. The van der Waals surface area contributed by atoms with Crippen LogP contribution in [0, 0.1) is 10.1 Å². The SMILES string of the molecule is [N-]=[N+]=Nc1cc([N+](=O)[O-])cc(S(=O)(=O)Cc2ccccc2)c1. The quantitative estimate of drug-likeness (QED) is 0.275. The number of hydrogen-bond donors (Lipinski definition) is 0. The fourth-order valence-corrected chi connectivity index (χ4v) is 3.24.